The van der Waals surface area contributed by atoms with E-state index in [9.17, 15) is 0 Å². The zero-order valence-electron chi connectivity index (χ0n) is 7.99. The van der Waals surface area contributed by atoms with E-state index < -0.39 is 0 Å². The number of hydrogen-bond acceptors (Lipinski definition) is 1. The number of allylic oxidation sites excluding steroid dienone is 1. The summed E-state index contributed by atoms with van der Waals surface area (Å²) in [5.41, 5.74) is 2.36. The average molecular weight is 171 g/mol. The molecule has 0 unspecified atom stereocenters. The number of aliphatic imine (C=N–C) groups is 1. The minimum Gasteiger partial charge on any atom is -0.278 e. The Morgan fingerprint density at radius 1 is 1.15 bits per heavy atom. The van der Waals surface area contributed by atoms with Crippen LogP contribution in [0.25, 0.3) is 0 Å². The van der Waals surface area contributed by atoms with Crippen molar-refractivity contribution >= 4 is 6.21 Å². The molecule has 1 aliphatic heterocycles. The molecule has 0 aliphatic carbocycles. The molecule has 0 N–H and O–H groups in total. The molecule has 0 fully saturated rings. The molecule has 0 saturated heterocycles. The molecule has 1 heteroatoms. The van der Waals surface area contributed by atoms with Crippen molar-refractivity contribution in [2.24, 2.45) is 4.99 Å². The van der Waals surface area contributed by atoms with Crippen LogP contribution in [0, 0.1) is 0 Å². The molecule has 0 amide bonds. The van der Waals surface area contributed by atoms with E-state index in [-0.39, 0.29) is 5.54 Å². The van der Waals surface area contributed by atoms with Crippen molar-refractivity contribution in [2.45, 2.75) is 19.4 Å². The van der Waals surface area contributed by atoms with Crippen LogP contribution < -0.4 is 0 Å². The van der Waals surface area contributed by atoms with Crippen molar-refractivity contribution in [3.8, 4) is 0 Å². The SMILES string of the molecule is CC1=C[C@@](C)(c2ccccc2)N=C1. The fourth-order valence-corrected chi connectivity index (χ4v) is 1.69. The Balaban J connectivity index is 2.43. The van der Waals surface area contributed by atoms with Crippen molar-refractivity contribution in [1.29, 1.82) is 0 Å². The quantitative estimate of drug-likeness (QED) is 0.616. The highest BCUT2D eigenvalue weighted by molar-refractivity contribution is 5.81. The third-order valence-electron chi connectivity index (χ3n) is 2.40. The van der Waals surface area contributed by atoms with E-state index in [1.54, 1.807) is 0 Å². The highest BCUT2D eigenvalue weighted by Crippen LogP contribution is 2.31. The molecular weight excluding hydrogens is 158 g/mol. The number of nitrogens with zero attached hydrogens (tertiary/aromatic N) is 1. The summed E-state index contributed by atoms with van der Waals surface area (Å²) >= 11 is 0. The van der Waals surface area contributed by atoms with Gasteiger partial charge in [0.25, 0.3) is 0 Å². The van der Waals surface area contributed by atoms with E-state index in [2.05, 4.69) is 49.2 Å². The lowest BCUT2D eigenvalue weighted by molar-refractivity contribution is 0.646. The summed E-state index contributed by atoms with van der Waals surface area (Å²) in [4.78, 5) is 4.50. The van der Waals surface area contributed by atoms with Gasteiger partial charge in [-0.3, -0.25) is 4.99 Å². The lowest BCUT2D eigenvalue weighted by Gasteiger charge is -2.18. The zero-order valence-corrected chi connectivity index (χ0v) is 7.99. The summed E-state index contributed by atoms with van der Waals surface area (Å²) in [5, 5.41) is 0. The molecule has 1 atom stereocenters. The van der Waals surface area contributed by atoms with Gasteiger partial charge in [-0.1, -0.05) is 30.3 Å². The minimum absolute atomic E-state index is 0.134. The molecule has 0 saturated carbocycles. The molecule has 0 bridgehead atoms. The smallest absolute Gasteiger partial charge is 0.101 e. The topological polar surface area (TPSA) is 12.4 Å². The molecule has 0 spiro atoms. The van der Waals surface area contributed by atoms with E-state index in [0.29, 0.717) is 0 Å². The van der Waals surface area contributed by atoms with Crippen molar-refractivity contribution in [3.63, 3.8) is 0 Å². The summed E-state index contributed by atoms with van der Waals surface area (Å²) in [6, 6.07) is 10.4. The van der Waals surface area contributed by atoms with Gasteiger partial charge in [-0.05, 0) is 31.1 Å². The Morgan fingerprint density at radius 2 is 1.85 bits per heavy atom. The molecule has 2 rings (SSSR count). The first-order valence-electron chi connectivity index (χ1n) is 4.51. The van der Waals surface area contributed by atoms with Crippen LogP contribution >= 0.6 is 0 Å². The summed E-state index contributed by atoms with van der Waals surface area (Å²) in [7, 11) is 0. The lowest BCUT2D eigenvalue weighted by Crippen LogP contribution is -2.12. The van der Waals surface area contributed by atoms with Crippen molar-refractivity contribution in [2.75, 3.05) is 0 Å². The molecular formula is C12H13N. The zero-order chi connectivity index (χ0) is 9.31. The Morgan fingerprint density at radius 3 is 2.38 bits per heavy atom. The van der Waals surface area contributed by atoms with Crippen molar-refractivity contribution in [1.82, 2.24) is 0 Å². The molecule has 66 valence electrons. The van der Waals surface area contributed by atoms with Gasteiger partial charge in [0.1, 0.15) is 5.54 Å². The normalized spacial score (nSPS) is 26.2. The van der Waals surface area contributed by atoms with Crippen LogP contribution in [-0.2, 0) is 5.54 Å². The van der Waals surface area contributed by atoms with Gasteiger partial charge in [-0.2, -0.15) is 0 Å². The molecule has 0 radical (unpaired) electrons. The highest BCUT2D eigenvalue weighted by atomic mass is 14.9. The Labute approximate surface area is 78.8 Å². The minimum atomic E-state index is -0.134. The molecule has 1 aromatic carbocycles. The van der Waals surface area contributed by atoms with Gasteiger partial charge in [-0.25, -0.2) is 0 Å². The van der Waals surface area contributed by atoms with Gasteiger partial charge in [-0.15, -0.1) is 0 Å². The number of benzene rings is 1. The lowest BCUT2D eigenvalue weighted by atomic mass is 9.93. The van der Waals surface area contributed by atoms with Gasteiger partial charge in [0.2, 0.25) is 0 Å². The summed E-state index contributed by atoms with van der Waals surface area (Å²) < 4.78 is 0. The maximum absolute atomic E-state index is 4.50. The Hall–Kier alpha value is -1.37. The second-order valence-electron chi connectivity index (χ2n) is 3.66. The summed E-state index contributed by atoms with van der Waals surface area (Å²) in [5.74, 6) is 0. The first-order valence-corrected chi connectivity index (χ1v) is 4.51. The van der Waals surface area contributed by atoms with E-state index in [0.717, 1.165) is 0 Å². The highest BCUT2D eigenvalue weighted by Gasteiger charge is 2.24. The molecule has 1 aliphatic rings. The van der Waals surface area contributed by atoms with Crippen LogP contribution in [0.5, 0.6) is 0 Å². The monoisotopic (exact) mass is 171 g/mol. The van der Waals surface area contributed by atoms with Crippen molar-refractivity contribution < 1.29 is 0 Å². The van der Waals surface area contributed by atoms with Crippen molar-refractivity contribution in [3.05, 3.63) is 47.5 Å². The standard InChI is InChI=1S/C12H13N/c1-10-8-12(2,13-9-10)11-6-4-3-5-7-11/h3-9H,1-2H3/t12-/m0/s1. The molecule has 0 aromatic heterocycles. The molecule has 1 heterocycles. The van der Waals surface area contributed by atoms with E-state index in [4.69, 9.17) is 0 Å². The Kier molecular flexibility index (Phi) is 1.80. The first-order chi connectivity index (χ1) is 6.21. The summed E-state index contributed by atoms with van der Waals surface area (Å²) in [6.07, 6.45) is 4.13. The fourth-order valence-electron chi connectivity index (χ4n) is 1.69. The van der Waals surface area contributed by atoms with Gasteiger partial charge in [0.05, 0.1) is 0 Å². The van der Waals surface area contributed by atoms with Crippen LogP contribution in [0.3, 0.4) is 0 Å². The molecule has 13 heavy (non-hydrogen) atoms. The molecule has 1 aromatic rings. The number of rotatable bonds is 1. The van der Waals surface area contributed by atoms with Gasteiger partial charge in [0.15, 0.2) is 0 Å². The van der Waals surface area contributed by atoms with Gasteiger partial charge in [0, 0.05) is 6.21 Å². The second kappa shape index (κ2) is 2.84. The van der Waals surface area contributed by atoms with Gasteiger partial charge < -0.3 is 0 Å². The maximum Gasteiger partial charge on any atom is 0.101 e. The van der Waals surface area contributed by atoms with Crippen LogP contribution in [0.15, 0.2) is 47.0 Å². The molecule has 1 nitrogen and oxygen atoms in total. The largest absolute Gasteiger partial charge is 0.278 e. The van der Waals surface area contributed by atoms with E-state index >= 15 is 0 Å². The van der Waals surface area contributed by atoms with Gasteiger partial charge >= 0.3 is 0 Å². The third-order valence-corrected chi connectivity index (χ3v) is 2.40. The summed E-state index contributed by atoms with van der Waals surface area (Å²) in [6.45, 7) is 4.22. The van der Waals surface area contributed by atoms with Crippen LogP contribution in [0.1, 0.15) is 19.4 Å². The second-order valence-corrected chi connectivity index (χ2v) is 3.66. The average Bonchev–Trinajstić information content (AvgIpc) is 2.49. The predicted molar refractivity (Wildman–Crippen MR) is 56.0 cm³/mol. The van der Waals surface area contributed by atoms with Crippen LogP contribution in [0.2, 0.25) is 0 Å². The number of hydrogen-bond donors (Lipinski definition) is 0. The van der Waals surface area contributed by atoms with E-state index in [1.807, 2.05) is 12.3 Å². The van der Waals surface area contributed by atoms with E-state index in [1.165, 1.54) is 11.1 Å². The third kappa shape index (κ3) is 1.42. The Bertz CT molecular complexity index is 362. The predicted octanol–water partition coefficient (Wildman–Crippen LogP) is 2.93. The fraction of sp³-hybridized carbons (Fsp3) is 0.250. The first kappa shape index (κ1) is 8.24. The van der Waals surface area contributed by atoms with Crippen LogP contribution in [0.4, 0.5) is 0 Å². The van der Waals surface area contributed by atoms with Crippen LogP contribution in [-0.4, -0.2) is 6.21 Å². The maximum atomic E-state index is 4.50.